The number of oxime groups is 1. The minimum atomic E-state index is -2.10. The molecule has 0 aliphatic carbocycles. The predicted molar refractivity (Wildman–Crippen MR) is 106 cm³/mol. The first kappa shape index (κ1) is 21.8. The van der Waals surface area contributed by atoms with Crippen molar-refractivity contribution in [3.05, 3.63) is 11.1 Å². The number of thiazole rings is 1. The number of carbonyl (C=O) groups is 5. The minimum Gasteiger partial charge on any atom is -0.479 e. The second-order valence-electron chi connectivity index (χ2n) is 6.94. The van der Waals surface area contributed by atoms with E-state index in [9.17, 15) is 29.1 Å². The lowest BCUT2D eigenvalue weighted by Crippen LogP contribution is -2.80. The lowest BCUT2D eigenvalue weighted by molar-refractivity contribution is -0.215. The van der Waals surface area contributed by atoms with Crippen molar-refractivity contribution in [2.45, 2.75) is 23.6 Å². The molecule has 4 heterocycles. The van der Waals surface area contributed by atoms with Crippen molar-refractivity contribution in [1.82, 2.24) is 15.2 Å². The quantitative estimate of drug-likeness (QED) is 0.147. The maximum Gasteiger partial charge on any atom is 0.370 e. The molecule has 1 aromatic rings. The summed E-state index contributed by atoms with van der Waals surface area (Å²) in [6.45, 7) is -0.821. The fourth-order valence-corrected chi connectivity index (χ4v) is 5.78. The highest BCUT2D eigenvalue weighted by molar-refractivity contribution is 8.00. The van der Waals surface area contributed by atoms with E-state index in [2.05, 4.69) is 20.3 Å². The van der Waals surface area contributed by atoms with Gasteiger partial charge in [0.05, 0.1) is 6.42 Å². The number of hydrogen-bond acceptors (Lipinski definition) is 12. The van der Waals surface area contributed by atoms with Gasteiger partial charge in [-0.2, -0.15) is 0 Å². The third-order valence-corrected chi connectivity index (χ3v) is 7.11. The maximum atomic E-state index is 12.8. The smallest absolute Gasteiger partial charge is 0.370 e. The second-order valence-corrected chi connectivity index (χ2v) is 8.98. The molecule has 32 heavy (non-hydrogen) atoms. The Morgan fingerprint density at radius 3 is 2.78 bits per heavy atom. The molecule has 1 aromatic heterocycles. The molecule has 3 fully saturated rings. The molecule has 2 amide bonds. The molecule has 5 N–H and O–H groups in total. The van der Waals surface area contributed by atoms with E-state index in [0.29, 0.717) is 0 Å². The van der Waals surface area contributed by atoms with Crippen molar-refractivity contribution >= 4 is 63.7 Å². The van der Waals surface area contributed by atoms with E-state index < -0.39 is 65.1 Å². The van der Waals surface area contributed by atoms with Gasteiger partial charge in [-0.25, -0.2) is 14.6 Å². The lowest BCUT2D eigenvalue weighted by atomic mass is 9.89. The van der Waals surface area contributed by atoms with Crippen LogP contribution in [-0.2, 0) is 33.5 Å². The van der Waals surface area contributed by atoms with Crippen LogP contribution in [0.2, 0.25) is 0 Å². The van der Waals surface area contributed by atoms with Crippen molar-refractivity contribution in [3.63, 3.8) is 0 Å². The third-order valence-electron chi connectivity index (χ3n) is 5.02. The van der Waals surface area contributed by atoms with Crippen molar-refractivity contribution in [2.75, 3.05) is 18.1 Å². The van der Waals surface area contributed by atoms with Gasteiger partial charge in [-0.15, -0.1) is 23.1 Å². The van der Waals surface area contributed by atoms with E-state index in [4.69, 9.17) is 15.6 Å². The molecule has 0 radical (unpaired) electrons. The number of anilines is 1. The number of carbonyl (C=O) groups excluding carboxylic acids is 3. The zero-order valence-electron chi connectivity index (χ0n) is 15.9. The zero-order valence-corrected chi connectivity index (χ0v) is 17.6. The molecule has 170 valence electrons. The Labute approximate surface area is 186 Å². The minimum absolute atomic E-state index is 0.00195. The van der Waals surface area contributed by atoms with E-state index in [1.54, 1.807) is 0 Å². The predicted octanol–water partition coefficient (Wildman–Crippen LogP) is -1.73. The van der Waals surface area contributed by atoms with Gasteiger partial charge in [0, 0.05) is 17.1 Å². The standard InChI is InChI=1S/C16H15N5O9S2/c17-15-18-6(4-32-15)9(20-29-2-7(22)23)11(25)19-10-12(26)21-13(10)31-3-5-1-8(24)30-16(5,21)14(27)28/h4-5,10,13H,1-3H2,(H2,17,18)(H,19,25)(H,22,23)(H,27,28)/b20-9+. The Morgan fingerprint density at radius 1 is 1.41 bits per heavy atom. The number of esters is 1. The van der Waals surface area contributed by atoms with Gasteiger partial charge in [0.1, 0.15) is 17.1 Å². The first-order valence-electron chi connectivity index (χ1n) is 8.99. The molecular formula is C16H15N5O9S2. The summed E-state index contributed by atoms with van der Waals surface area (Å²) >= 11 is 2.21. The van der Waals surface area contributed by atoms with Crippen LogP contribution in [0.4, 0.5) is 5.13 Å². The number of ether oxygens (including phenoxy) is 1. The molecule has 0 aromatic carbocycles. The van der Waals surface area contributed by atoms with Crippen molar-refractivity contribution < 1.29 is 43.8 Å². The molecular weight excluding hydrogens is 470 g/mol. The van der Waals surface area contributed by atoms with Crippen LogP contribution in [0.25, 0.3) is 0 Å². The molecule has 0 saturated carbocycles. The van der Waals surface area contributed by atoms with Crippen LogP contribution in [0.1, 0.15) is 12.1 Å². The van der Waals surface area contributed by atoms with Gasteiger partial charge < -0.3 is 30.8 Å². The van der Waals surface area contributed by atoms with Gasteiger partial charge in [-0.05, 0) is 0 Å². The number of thioether (sulfide) groups is 1. The van der Waals surface area contributed by atoms with Crippen molar-refractivity contribution in [2.24, 2.45) is 11.1 Å². The first-order chi connectivity index (χ1) is 15.1. The summed E-state index contributed by atoms with van der Waals surface area (Å²) in [4.78, 5) is 69.5. The number of nitrogens with two attached hydrogens (primary N) is 1. The average molecular weight is 485 g/mol. The molecule has 3 aliphatic heterocycles. The third kappa shape index (κ3) is 3.40. The molecule has 4 rings (SSSR count). The fraction of sp³-hybridized carbons (Fsp3) is 0.438. The topological polar surface area (TPSA) is 211 Å². The average Bonchev–Trinajstić information content (AvgIpc) is 3.30. The number of nitrogens with one attached hydrogen (secondary N) is 1. The van der Waals surface area contributed by atoms with E-state index in [0.717, 1.165) is 16.2 Å². The van der Waals surface area contributed by atoms with Crippen LogP contribution in [0.15, 0.2) is 10.5 Å². The molecule has 3 aliphatic rings. The Kier molecular flexibility index (Phi) is 5.41. The number of aromatic nitrogens is 1. The number of rotatable bonds is 7. The van der Waals surface area contributed by atoms with Crippen molar-refractivity contribution in [1.29, 1.82) is 0 Å². The lowest BCUT2D eigenvalue weighted by Gasteiger charge is -2.56. The van der Waals surface area contributed by atoms with E-state index in [1.807, 2.05) is 0 Å². The number of nitrogen functional groups attached to an aromatic ring is 1. The normalized spacial score (nSPS) is 28.8. The summed E-state index contributed by atoms with van der Waals surface area (Å²) in [5.74, 6) is -5.65. The summed E-state index contributed by atoms with van der Waals surface area (Å²) in [7, 11) is 0. The zero-order chi connectivity index (χ0) is 23.2. The van der Waals surface area contributed by atoms with Crippen molar-refractivity contribution in [3.8, 4) is 0 Å². The summed E-state index contributed by atoms with van der Waals surface area (Å²) in [5, 5.41) is 25.1. The van der Waals surface area contributed by atoms with Crippen LogP contribution in [0, 0.1) is 5.92 Å². The number of nitrogens with zero attached hydrogens (tertiary/aromatic N) is 3. The molecule has 0 spiro atoms. The van der Waals surface area contributed by atoms with Gasteiger partial charge >= 0.3 is 17.9 Å². The van der Waals surface area contributed by atoms with Gasteiger partial charge in [0.2, 0.25) is 6.61 Å². The summed E-state index contributed by atoms with van der Waals surface area (Å²) in [6, 6.07) is -1.13. The molecule has 3 saturated heterocycles. The number of β-lactam (4-membered cyclic amide) rings is 1. The molecule has 14 nitrogen and oxygen atoms in total. The van der Waals surface area contributed by atoms with Gasteiger partial charge in [0.25, 0.3) is 17.5 Å². The van der Waals surface area contributed by atoms with Crippen LogP contribution >= 0.6 is 23.1 Å². The Hall–Kier alpha value is -3.40. The SMILES string of the molecule is Nc1nc(/C(=N\OCC(=O)O)C(=O)NC2C(=O)N3C2SCC2CC(=O)OC23C(=O)O)cs1. The van der Waals surface area contributed by atoms with Crippen LogP contribution in [0.5, 0.6) is 0 Å². The van der Waals surface area contributed by atoms with Gasteiger partial charge in [-0.1, -0.05) is 5.16 Å². The summed E-state index contributed by atoms with van der Waals surface area (Å²) in [6.07, 6.45) is -0.129. The van der Waals surface area contributed by atoms with E-state index >= 15 is 0 Å². The monoisotopic (exact) mass is 485 g/mol. The number of aliphatic carboxylic acids is 2. The first-order valence-corrected chi connectivity index (χ1v) is 10.9. The number of carboxylic acid groups (broad SMARTS) is 2. The second kappa shape index (κ2) is 7.94. The highest BCUT2D eigenvalue weighted by Gasteiger charge is 2.71. The molecule has 0 bridgehead atoms. The summed E-state index contributed by atoms with van der Waals surface area (Å²) < 4.78 is 5.09. The highest BCUT2D eigenvalue weighted by Crippen LogP contribution is 2.51. The number of hydrogen-bond donors (Lipinski definition) is 4. The van der Waals surface area contributed by atoms with Gasteiger partial charge in [0.15, 0.2) is 10.8 Å². The number of carboxylic acids is 2. The largest absolute Gasteiger partial charge is 0.479 e. The Bertz CT molecular complexity index is 1060. The summed E-state index contributed by atoms with van der Waals surface area (Å²) in [5.41, 5.74) is 3.06. The van der Waals surface area contributed by atoms with Crippen LogP contribution < -0.4 is 11.1 Å². The maximum absolute atomic E-state index is 12.8. The number of fused-ring (bicyclic) bond motifs is 3. The van der Waals surface area contributed by atoms with Gasteiger partial charge in [-0.3, -0.25) is 19.3 Å². The highest BCUT2D eigenvalue weighted by atomic mass is 32.2. The molecule has 4 atom stereocenters. The Balaban J connectivity index is 1.54. The van der Waals surface area contributed by atoms with Crippen LogP contribution in [0.3, 0.4) is 0 Å². The number of amides is 2. The molecule has 4 unspecified atom stereocenters. The van der Waals surface area contributed by atoms with E-state index in [-0.39, 0.29) is 23.0 Å². The fourth-order valence-electron chi connectivity index (χ4n) is 3.68. The molecule has 16 heteroatoms. The van der Waals surface area contributed by atoms with E-state index in [1.165, 1.54) is 17.1 Å². The Morgan fingerprint density at radius 2 is 2.16 bits per heavy atom. The van der Waals surface area contributed by atoms with Crippen LogP contribution in [-0.4, -0.2) is 85.0 Å².